The number of rotatable bonds is 5. The van der Waals surface area contributed by atoms with E-state index in [2.05, 4.69) is 0 Å². The summed E-state index contributed by atoms with van der Waals surface area (Å²) in [5.74, 6) is -0.981. The molecule has 2 rings (SSSR count). The first-order valence-corrected chi connectivity index (χ1v) is 5.92. The van der Waals surface area contributed by atoms with Crippen LogP contribution < -0.4 is 4.90 Å². The minimum atomic E-state index is -1.15. The van der Waals surface area contributed by atoms with Crippen molar-refractivity contribution >= 4 is 11.7 Å². The number of hydrogen-bond acceptors (Lipinski definition) is 3. The number of carbonyl (C=O) groups is 1. The number of anilines is 1. The van der Waals surface area contributed by atoms with E-state index in [1.165, 1.54) is 12.1 Å². The predicted octanol–water partition coefficient (Wildman–Crippen LogP) is 3.14. The maximum absolute atomic E-state index is 13.2. The van der Waals surface area contributed by atoms with E-state index in [0.29, 0.717) is 18.8 Å². The van der Waals surface area contributed by atoms with Crippen molar-refractivity contribution in [1.82, 2.24) is 0 Å². The van der Waals surface area contributed by atoms with Crippen LogP contribution in [0.2, 0.25) is 0 Å². The lowest BCUT2D eigenvalue weighted by molar-refractivity contribution is 0.0697. The fourth-order valence-electron chi connectivity index (χ4n) is 1.91. The smallest absolute Gasteiger partial charge is 0.337 e. The minimum absolute atomic E-state index is 0.0478. The first-order valence-electron chi connectivity index (χ1n) is 5.92. The van der Waals surface area contributed by atoms with Gasteiger partial charge in [0.25, 0.3) is 0 Å². The second-order valence-electron chi connectivity index (χ2n) is 4.06. The lowest BCUT2D eigenvalue weighted by Crippen LogP contribution is -2.24. The Balaban J connectivity index is 2.35. The summed E-state index contributed by atoms with van der Waals surface area (Å²) in [6.45, 7) is 2.93. The topological polar surface area (TPSA) is 53.7 Å². The average Bonchev–Trinajstić information content (AvgIpc) is 2.89. The van der Waals surface area contributed by atoms with Crippen LogP contribution in [0.3, 0.4) is 0 Å². The molecule has 0 fully saturated rings. The van der Waals surface area contributed by atoms with E-state index >= 15 is 0 Å². The highest BCUT2D eigenvalue weighted by molar-refractivity contribution is 5.94. The third kappa shape index (κ3) is 2.93. The van der Waals surface area contributed by atoms with Crippen LogP contribution in [0.25, 0.3) is 0 Å². The van der Waals surface area contributed by atoms with E-state index in [-0.39, 0.29) is 5.56 Å². The summed E-state index contributed by atoms with van der Waals surface area (Å²) >= 11 is 0. The molecular formula is C14H14FNO3. The molecule has 1 aromatic carbocycles. The lowest BCUT2D eigenvalue weighted by atomic mass is 10.1. The highest BCUT2D eigenvalue weighted by Gasteiger charge is 2.17. The molecule has 0 radical (unpaired) electrons. The normalized spacial score (nSPS) is 10.4. The Hall–Kier alpha value is -2.30. The van der Waals surface area contributed by atoms with Gasteiger partial charge >= 0.3 is 5.97 Å². The van der Waals surface area contributed by atoms with Crippen LogP contribution in [0, 0.1) is 5.82 Å². The monoisotopic (exact) mass is 263 g/mol. The van der Waals surface area contributed by atoms with Crippen molar-refractivity contribution in [2.45, 2.75) is 13.5 Å². The molecule has 0 aliphatic rings. The summed E-state index contributed by atoms with van der Waals surface area (Å²) in [5.41, 5.74) is 0.432. The van der Waals surface area contributed by atoms with Crippen LogP contribution in [-0.4, -0.2) is 17.6 Å². The average molecular weight is 263 g/mol. The van der Waals surface area contributed by atoms with E-state index in [1.807, 2.05) is 17.9 Å². The summed E-state index contributed by atoms with van der Waals surface area (Å²) in [7, 11) is 0. The number of carboxylic acids is 1. The first-order chi connectivity index (χ1) is 9.11. The van der Waals surface area contributed by atoms with Crippen LogP contribution in [-0.2, 0) is 6.54 Å². The van der Waals surface area contributed by atoms with Gasteiger partial charge in [-0.3, -0.25) is 0 Å². The maximum atomic E-state index is 13.2. The van der Waals surface area contributed by atoms with Gasteiger partial charge in [-0.1, -0.05) is 0 Å². The van der Waals surface area contributed by atoms with Gasteiger partial charge in [-0.05, 0) is 37.3 Å². The van der Waals surface area contributed by atoms with Gasteiger partial charge in [0.05, 0.1) is 24.1 Å². The van der Waals surface area contributed by atoms with Gasteiger partial charge in [0.2, 0.25) is 0 Å². The standard InChI is InChI=1S/C14H14FNO3/c1-2-16(9-11-4-3-7-19-11)13-6-5-10(15)8-12(13)14(17)18/h3-8H,2,9H2,1H3,(H,17,18). The van der Waals surface area contributed by atoms with E-state index in [4.69, 9.17) is 9.52 Å². The molecule has 0 amide bonds. The molecule has 5 heteroatoms. The van der Waals surface area contributed by atoms with Crippen molar-refractivity contribution in [3.8, 4) is 0 Å². The molecule has 0 saturated heterocycles. The predicted molar refractivity (Wildman–Crippen MR) is 68.8 cm³/mol. The molecule has 2 aromatic rings. The zero-order chi connectivity index (χ0) is 13.8. The second kappa shape index (κ2) is 5.56. The van der Waals surface area contributed by atoms with E-state index in [0.717, 1.165) is 11.8 Å². The van der Waals surface area contributed by atoms with Crippen molar-refractivity contribution in [2.24, 2.45) is 0 Å². The molecule has 1 N–H and O–H groups in total. The molecule has 0 aliphatic carbocycles. The molecule has 19 heavy (non-hydrogen) atoms. The Bertz CT molecular complexity index is 566. The number of hydrogen-bond donors (Lipinski definition) is 1. The van der Waals surface area contributed by atoms with Gasteiger partial charge in [0.1, 0.15) is 11.6 Å². The Morgan fingerprint density at radius 1 is 1.42 bits per heavy atom. The molecule has 0 atom stereocenters. The SMILES string of the molecule is CCN(Cc1ccco1)c1ccc(F)cc1C(=O)O. The van der Waals surface area contributed by atoms with Gasteiger partial charge in [-0.2, -0.15) is 0 Å². The van der Waals surface area contributed by atoms with Crippen molar-refractivity contribution in [2.75, 3.05) is 11.4 Å². The van der Waals surface area contributed by atoms with Crippen LogP contribution in [0.1, 0.15) is 23.0 Å². The molecule has 0 unspecified atom stereocenters. The molecule has 0 spiro atoms. The summed E-state index contributed by atoms with van der Waals surface area (Å²) in [4.78, 5) is 13.0. The van der Waals surface area contributed by atoms with Crippen molar-refractivity contribution in [1.29, 1.82) is 0 Å². The van der Waals surface area contributed by atoms with Crippen LogP contribution in [0.5, 0.6) is 0 Å². The molecular weight excluding hydrogens is 249 g/mol. The largest absolute Gasteiger partial charge is 0.478 e. The van der Waals surface area contributed by atoms with Crippen molar-refractivity contribution < 1.29 is 18.7 Å². The van der Waals surface area contributed by atoms with Crippen LogP contribution in [0.4, 0.5) is 10.1 Å². The molecule has 100 valence electrons. The summed E-state index contributed by atoms with van der Waals surface area (Å²) in [6.07, 6.45) is 1.56. The molecule has 0 aliphatic heterocycles. The number of carboxylic acid groups (broad SMARTS) is 1. The van der Waals surface area contributed by atoms with Crippen LogP contribution >= 0.6 is 0 Å². The molecule has 0 bridgehead atoms. The maximum Gasteiger partial charge on any atom is 0.337 e. The lowest BCUT2D eigenvalue weighted by Gasteiger charge is -2.23. The minimum Gasteiger partial charge on any atom is -0.478 e. The third-order valence-electron chi connectivity index (χ3n) is 2.84. The summed E-state index contributed by atoms with van der Waals surface area (Å²) < 4.78 is 18.4. The fourth-order valence-corrected chi connectivity index (χ4v) is 1.91. The highest BCUT2D eigenvalue weighted by atomic mass is 19.1. The van der Waals surface area contributed by atoms with Crippen LogP contribution in [0.15, 0.2) is 41.0 Å². The number of halogens is 1. The molecule has 1 heterocycles. The Kier molecular flexibility index (Phi) is 3.85. The van der Waals surface area contributed by atoms with Gasteiger partial charge in [0.15, 0.2) is 0 Å². The van der Waals surface area contributed by atoms with E-state index in [1.54, 1.807) is 12.3 Å². The first kappa shape index (κ1) is 13.1. The second-order valence-corrected chi connectivity index (χ2v) is 4.06. The summed E-state index contributed by atoms with van der Waals surface area (Å²) in [6, 6.07) is 7.35. The van der Waals surface area contributed by atoms with Gasteiger partial charge < -0.3 is 14.4 Å². The zero-order valence-corrected chi connectivity index (χ0v) is 10.5. The zero-order valence-electron chi connectivity index (χ0n) is 10.5. The quantitative estimate of drug-likeness (QED) is 0.900. The van der Waals surface area contributed by atoms with Crippen molar-refractivity contribution in [3.05, 3.63) is 53.7 Å². The molecule has 4 nitrogen and oxygen atoms in total. The number of aromatic carboxylic acids is 1. The van der Waals surface area contributed by atoms with Crippen molar-refractivity contribution in [3.63, 3.8) is 0 Å². The fraction of sp³-hybridized carbons (Fsp3) is 0.214. The molecule has 0 saturated carbocycles. The Labute approximate surface area is 110 Å². The van der Waals surface area contributed by atoms with Gasteiger partial charge in [0, 0.05) is 6.54 Å². The highest BCUT2D eigenvalue weighted by Crippen LogP contribution is 2.23. The number of nitrogens with zero attached hydrogens (tertiary/aromatic N) is 1. The Morgan fingerprint density at radius 2 is 2.21 bits per heavy atom. The van der Waals surface area contributed by atoms with Gasteiger partial charge in [-0.15, -0.1) is 0 Å². The van der Waals surface area contributed by atoms with E-state index in [9.17, 15) is 9.18 Å². The summed E-state index contributed by atoms with van der Waals surface area (Å²) in [5, 5.41) is 9.14. The van der Waals surface area contributed by atoms with E-state index < -0.39 is 11.8 Å². The number of benzene rings is 1. The third-order valence-corrected chi connectivity index (χ3v) is 2.84. The number of furan rings is 1. The Morgan fingerprint density at radius 3 is 2.79 bits per heavy atom. The van der Waals surface area contributed by atoms with Gasteiger partial charge in [-0.25, -0.2) is 9.18 Å². The molecule has 1 aromatic heterocycles.